The molecule has 1 aromatic rings. The minimum Gasteiger partial charge on any atom is -0.464 e. The van der Waals surface area contributed by atoms with Gasteiger partial charge in [-0.1, -0.05) is 0 Å². The van der Waals surface area contributed by atoms with Crippen molar-refractivity contribution in [2.45, 2.75) is 24.5 Å². The van der Waals surface area contributed by atoms with Crippen molar-refractivity contribution >= 4 is 11.9 Å². The predicted octanol–water partition coefficient (Wildman–Crippen LogP) is -1.93. The van der Waals surface area contributed by atoms with Gasteiger partial charge in [0.25, 0.3) is 0 Å². The van der Waals surface area contributed by atoms with E-state index in [0.29, 0.717) is 0 Å². The second-order valence-corrected chi connectivity index (χ2v) is 4.56. The van der Waals surface area contributed by atoms with Gasteiger partial charge in [-0.3, -0.25) is 4.57 Å². The smallest absolute Gasteiger partial charge is 0.359 e. The number of ether oxygens (including phenoxy) is 3. The molecule has 2 heterocycles. The van der Waals surface area contributed by atoms with Gasteiger partial charge in [0.2, 0.25) is 0 Å². The van der Waals surface area contributed by atoms with Crippen molar-refractivity contribution < 1.29 is 39.1 Å². The van der Waals surface area contributed by atoms with Crippen LogP contribution >= 0.6 is 0 Å². The van der Waals surface area contributed by atoms with Crippen LogP contribution < -0.4 is 0 Å². The highest BCUT2D eigenvalue weighted by Gasteiger charge is 2.45. The Morgan fingerprint density at radius 1 is 1.27 bits per heavy atom. The first-order chi connectivity index (χ1) is 10.5. The molecule has 10 heteroatoms. The average molecular weight is 316 g/mol. The molecule has 0 amide bonds. The molecule has 0 bridgehead atoms. The van der Waals surface area contributed by atoms with Crippen molar-refractivity contribution in [2.75, 3.05) is 20.8 Å². The van der Waals surface area contributed by atoms with Crippen LogP contribution in [-0.4, -0.2) is 75.9 Å². The lowest BCUT2D eigenvalue weighted by atomic mass is 10.1. The van der Waals surface area contributed by atoms with Crippen LogP contribution in [0.2, 0.25) is 0 Å². The van der Waals surface area contributed by atoms with Crippen molar-refractivity contribution in [3.63, 3.8) is 0 Å². The first kappa shape index (κ1) is 16.4. The third-order valence-electron chi connectivity index (χ3n) is 3.34. The number of aromatic nitrogens is 2. The molecule has 1 aromatic heterocycles. The lowest BCUT2D eigenvalue weighted by Crippen LogP contribution is -2.33. The van der Waals surface area contributed by atoms with E-state index >= 15 is 0 Å². The van der Waals surface area contributed by atoms with Crippen LogP contribution in [0.3, 0.4) is 0 Å². The number of aliphatic hydroxyl groups excluding tert-OH is 3. The molecule has 0 unspecified atom stereocenters. The molecule has 0 spiro atoms. The molecule has 10 nitrogen and oxygen atoms in total. The lowest BCUT2D eigenvalue weighted by Gasteiger charge is -2.18. The minimum absolute atomic E-state index is 0.288. The quantitative estimate of drug-likeness (QED) is 0.541. The molecule has 0 aliphatic carbocycles. The van der Waals surface area contributed by atoms with E-state index < -0.39 is 43.1 Å². The van der Waals surface area contributed by atoms with Crippen LogP contribution in [0.4, 0.5) is 0 Å². The highest BCUT2D eigenvalue weighted by Crippen LogP contribution is 2.31. The minimum atomic E-state index is -1.43. The number of carbonyl (C=O) groups is 2. The van der Waals surface area contributed by atoms with E-state index in [4.69, 9.17) is 9.84 Å². The summed E-state index contributed by atoms with van der Waals surface area (Å²) in [4.78, 5) is 27.3. The van der Waals surface area contributed by atoms with E-state index in [-0.39, 0.29) is 11.4 Å². The van der Waals surface area contributed by atoms with E-state index in [0.717, 1.165) is 25.1 Å². The summed E-state index contributed by atoms with van der Waals surface area (Å²) < 4.78 is 15.5. The molecule has 1 fully saturated rings. The zero-order valence-electron chi connectivity index (χ0n) is 11.9. The number of methoxy groups -OCH3 is 2. The molecule has 2 rings (SSSR count). The second kappa shape index (κ2) is 6.40. The molecular weight excluding hydrogens is 300 g/mol. The molecule has 22 heavy (non-hydrogen) atoms. The average Bonchev–Trinajstić information content (AvgIpc) is 3.08. The highest BCUT2D eigenvalue weighted by molar-refractivity contribution is 6.00. The fourth-order valence-electron chi connectivity index (χ4n) is 2.21. The maximum Gasteiger partial charge on any atom is 0.359 e. The number of aliphatic hydroxyl groups is 3. The number of hydrogen-bond donors (Lipinski definition) is 3. The van der Waals surface area contributed by atoms with Crippen molar-refractivity contribution in [2.24, 2.45) is 0 Å². The number of carbonyl (C=O) groups excluding carboxylic acids is 2. The predicted molar refractivity (Wildman–Crippen MR) is 67.9 cm³/mol. The number of hydrogen-bond acceptors (Lipinski definition) is 9. The van der Waals surface area contributed by atoms with E-state index in [2.05, 4.69) is 14.5 Å². The Balaban J connectivity index is 2.45. The summed E-state index contributed by atoms with van der Waals surface area (Å²) in [6.45, 7) is -0.527. The van der Waals surface area contributed by atoms with Gasteiger partial charge in [-0.05, 0) is 0 Å². The molecule has 3 N–H and O–H groups in total. The third kappa shape index (κ3) is 2.57. The number of nitrogens with zero attached hydrogens (tertiary/aromatic N) is 2. The van der Waals surface area contributed by atoms with E-state index in [1.807, 2.05) is 0 Å². The standard InChI is InChI=1S/C12H16N2O8/c1-20-11(18)6-7(12(19)21-2)14(4-13-6)10-9(17)8(16)5(3-15)22-10/h4-5,8-10,15-17H,3H2,1-2H3/t5-,8-,9-,10-/m1/s1. The van der Waals surface area contributed by atoms with Crippen LogP contribution in [0.1, 0.15) is 27.2 Å². The monoisotopic (exact) mass is 316 g/mol. The van der Waals surface area contributed by atoms with Crippen molar-refractivity contribution in [1.29, 1.82) is 0 Å². The van der Waals surface area contributed by atoms with Gasteiger partial charge in [0.05, 0.1) is 27.2 Å². The molecular formula is C12H16N2O8. The fraction of sp³-hybridized carbons (Fsp3) is 0.583. The number of rotatable bonds is 4. The lowest BCUT2D eigenvalue weighted by molar-refractivity contribution is -0.0540. The topological polar surface area (TPSA) is 140 Å². The van der Waals surface area contributed by atoms with Gasteiger partial charge >= 0.3 is 11.9 Å². The zero-order chi connectivity index (χ0) is 16.4. The van der Waals surface area contributed by atoms with Crippen molar-refractivity contribution in [3.8, 4) is 0 Å². The van der Waals surface area contributed by atoms with Gasteiger partial charge in [0.1, 0.15) is 18.3 Å². The first-order valence-electron chi connectivity index (χ1n) is 6.32. The van der Waals surface area contributed by atoms with Crippen LogP contribution in [-0.2, 0) is 14.2 Å². The van der Waals surface area contributed by atoms with Gasteiger partial charge in [-0.15, -0.1) is 0 Å². The summed E-state index contributed by atoms with van der Waals surface area (Å²) in [5, 5.41) is 28.8. The summed E-state index contributed by atoms with van der Waals surface area (Å²) in [5.74, 6) is -1.76. The SMILES string of the molecule is COC(=O)c1ncn([C@@H]2O[C@H](CO)[C@@H](O)[C@H]2O)c1C(=O)OC. The van der Waals surface area contributed by atoms with E-state index in [9.17, 15) is 19.8 Å². The largest absolute Gasteiger partial charge is 0.464 e. The molecule has 1 aliphatic rings. The highest BCUT2D eigenvalue weighted by atomic mass is 16.6. The maximum atomic E-state index is 11.9. The van der Waals surface area contributed by atoms with E-state index in [1.54, 1.807) is 0 Å². The van der Waals surface area contributed by atoms with Crippen LogP contribution in [0.15, 0.2) is 6.33 Å². The Kier molecular flexibility index (Phi) is 4.76. The zero-order valence-corrected chi connectivity index (χ0v) is 11.9. The maximum absolute atomic E-state index is 11.9. The van der Waals surface area contributed by atoms with Crippen molar-refractivity contribution in [1.82, 2.24) is 9.55 Å². The summed E-state index contributed by atoms with van der Waals surface area (Å²) >= 11 is 0. The number of imidazole rings is 1. The molecule has 0 aromatic carbocycles. The number of esters is 2. The molecule has 0 saturated carbocycles. The third-order valence-corrected chi connectivity index (χ3v) is 3.34. The van der Waals surface area contributed by atoms with E-state index in [1.165, 1.54) is 0 Å². The van der Waals surface area contributed by atoms with Gasteiger partial charge in [0, 0.05) is 0 Å². The Bertz CT molecular complexity index is 571. The van der Waals surface area contributed by atoms with Gasteiger partial charge in [0.15, 0.2) is 17.6 Å². The summed E-state index contributed by atoms with van der Waals surface area (Å²) in [5.41, 5.74) is -0.601. The Labute approximate surface area is 124 Å². The summed E-state index contributed by atoms with van der Waals surface area (Å²) in [6.07, 6.45) is -3.95. The second-order valence-electron chi connectivity index (χ2n) is 4.56. The van der Waals surface area contributed by atoms with Crippen LogP contribution in [0, 0.1) is 0 Å². The molecule has 122 valence electrons. The first-order valence-corrected chi connectivity index (χ1v) is 6.32. The Morgan fingerprint density at radius 2 is 1.91 bits per heavy atom. The van der Waals surface area contributed by atoms with Gasteiger partial charge in [-0.25, -0.2) is 14.6 Å². The Morgan fingerprint density at radius 3 is 2.41 bits per heavy atom. The summed E-state index contributed by atoms with van der Waals surface area (Å²) in [7, 11) is 2.23. The van der Waals surface area contributed by atoms with Crippen LogP contribution in [0.25, 0.3) is 0 Å². The van der Waals surface area contributed by atoms with Gasteiger partial charge < -0.3 is 29.5 Å². The van der Waals surface area contributed by atoms with Crippen molar-refractivity contribution in [3.05, 3.63) is 17.7 Å². The summed E-state index contributed by atoms with van der Waals surface area (Å²) in [6, 6.07) is 0. The Hall–Kier alpha value is -2.01. The fourth-order valence-corrected chi connectivity index (χ4v) is 2.21. The normalized spacial score (nSPS) is 27.7. The molecule has 0 radical (unpaired) electrons. The van der Waals surface area contributed by atoms with Gasteiger partial charge in [-0.2, -0.15) is 0 Å². The molecule has 1 saturated heterocycles. The van der Waals surface area contributed by atoms with Crippen LogP contribution in [0.5, 0.6) is 0 Å². The molecule has 4 atom stereocenters. The molecule has 1 aliphatic heterocycles.